The smallest absolute Gasteiger partial charge is 0.410 e. The minimum atomic E-state index is -0.818. The van der Waals surface area contributed by atoms with Gasteiger partial charge in [-0.05, 0) is 43.7 Å². The van der Waals surface area contributed by atoms with Gasteiger partial charge >= 0.3 is 11.7 Å². The monoisotopic (exact) mass is 515 g/mol. The van der Waals surface area contributed by atoms with E-state index >= 15 is 0 Å². The van der Waals surface area contributed by atoms with Gasteiger partial charge in [-0.25, -0.2) is 9.59 Å². The summed E-state index contributed by atoms with van der Waals surface area (Å²) in [5.41, 5.74) is -1.12. The molecule has 0 spiro atoms. The van der Waals surface area contributed by atoms with Gasteiger partial charge in [0, 0.05) is 40.8 Å². The summed E-state index contributed by atoms with van der Waals surface area (Å²) in [6, 6.07) is 5.67. The van der Waals surface area contributed by atoms with Crippen LogP contribution in [0.3, 0.4) is 0 Å². The number of nitrogens with one attached hydrogen (secondary N) is 1. The molecule has 0 fully saturated rings. The quantitative estimate of drug-likeness (QED) is 0.272. The Hall–Kier alpha value is -3.31. The first kappa shape index (κ1) is 30.7. The maximum Gasteiger partial charge on any atom is 0.410 e. The Labute approximate surface area is 217 Å². The first-order valence-corrected chi connectivity index (χ1v) is 12.8. The molecule has 1 atom stereocenters. The fourth-order valence-electron chi connectivity index (χ4n) is 3.12. The van der Waals surface area contributed by atoms with Crippen LogP contribution < -0.4 is 10.9 Å². The predicted molar refractivity (Wildman–Crippen MR) is 144 cm³/mol. The summed E-state index contributed by atoms with van der Waals surface area (Å²) in [5.74, 6) is 2.84. The Morgan fingerprint density at radius 3 is 2.53 bits per heavy atom. The van der Waals surface area contributed by atoms with Crippen LogP contribution in [0.1, 0.15) is 85.2 Å². The minimum absolute atomic E-state index is 0.116. The van der Waals surface area contributed by atoms with E-state index in [1.54, 1.807) is 13.0 Å². The standard InChI is InChI=1S/C16H21NO6.C12H16S/c1-4-11(18)14-12(19)9-13(23-15(14)20)10(2)7-5-6-8-17-16(21)22-3;1-4-5-11-8-9-12(13-11)7-6-10(2)3/h6,8-10,19H,4-5,7H2,1-3H3,(H,17,21);1,8-10H,5-7H2,2-3H3/b8-6+;. The highest BCUT2D eigenvalue weighted by atomic mass is 32.1. The van der Waals surface area contributed by atoms with E-state index in [1.165, 1.54) is 42.0 Å². The van der Waals surface area contributed by atoms with Gasteiger partial charge in [-0.2, -0.15) is 0 Å². The van der Waals surface area contributed by atoms with Crippen molar-refractivity contribution in [1.82, 2.24) is 5.32 Å². The number of aryl methyl sites for hydroxylation is 1. The van der Waals surface area contributed by atoms with E-state index in [0.717, 1.165) is 12.3 Å². The van der Waals surface area contributed by atoms with Crippen molar-refractivity contribution in [2.45, 2.75) is 72.1 Å². The average molecular weight is 516 g/mol. The Kier molecular flexibility index (Phi) is 14.0. The number of terminal acetylenes is 1. The first-order valence-electron chi connectivity index (χ1n) is 12.0. The molecule has 0 saturated carbocycles. The lowest BCUT2D eigenvalue weighted by Gasteiger charge is -2.10. The lowest BCUT2D eigenvalue weighted by molar-refractivity contribution is 0.0980. The number of ketones is 1. The van der Waals surface area contributed by atoms with Gasteiger partial charge in [-0.3, -0.25) is 10.1 Å². The summed E-state index contributed by atoms with van der Waals surface area (Å²) in [7, 11) is 1.27. The highest BCUT2D eigenvalue weighted by Crippen LogP contribution is 2.25. The number of methoxy groups -OCH3 is 1. The van der Waals surface area contributed by atoms with Crippen LogP contribution >= 0.6 is 11.3 Å². The zero-order valence-electron chi connectivity index (χ0n) is 21.8. The molecular formula is C28H37NO6S. The van der Waals surface area contributed by atoms with Crippen molar-refractivity contribution in [3.8, 4) is 18.1 Å². The third kappa shape index (κ3) is 11.0. The minimum Gasteiger partial charge on any atom is -0.507 e. The second-order valence-corrected chi connectivity index (χ2v) is 9.92. The number of allylic oxidation sites excluding steroid dienone is 1. The van der Waals surface area contributed by atoms with Crippen LogP contribution in [-0.4, -0.2) is 24.1 Å². The fourth-order valence-corrected chi connectivity index (χ4v) is 4.10. The van der Waals surface area contributed by atoms with Crippen molar-refractivity contribution in [2.75, 3.05) is 7.11 Å². The number of Topliss-reactive ketones (excluding diaryl/α,β-unsaturated/α-hetero) is 1. The predicted octanol–water partition coefficient (Wildman–Crippen LogP) is 6.20. The molecule has 0 aliphatic rings. The molecule has 0 aromatic carbocycles. The molecule has 36 heavy (non-hydrogen) atoms. The molecule has 0 saturated heterocycles. The van der Waals surface area contributed by atoms with Crippen LogP contribution in [0.4, 0.5) is 4.79 Å². The number of alkyl carbamates (subject to hydrolysis) is 1. The Morgan fingerprint density at radius 1 is 1.25 bits per heavy atom. The van der Waals surface area contributed by atoms with Gasteiger partial charge in [0.05, 0.1) is 7.11 Å². The maximum atomic E-state index is 11.8. The van der Waals surface area contributed by atoms with Gasteiger partial charge in [-0.1, -0.05) is 33.8 Å². The molecule has 0 radical (unpaired) electrons. The average Bonchev–Trinajstić information content (AvgIpc) is 3.29. The van der Waals surface area contributed by atoms with Crippen LogP contribution in [0.5, 0.6) is 5.75 Å². The molecule has 0 bridgehead atoms. The molecule has 2 aromatic heterocycles. The highest BCUT2D eigenvalue weighted by Gasteiger charge is 2.19. The van der Waals surface area contributed by atoms with Crippen molar-refractivity contribution in [1.29, 1.82) is 0 Å². The summed E-state index contributed by atoms with van der Waals surface area (Å²) in [5, 5.41) is 12.3. The summed E-state index contributed by atoms with van der Waals surface area (Å²) in [6.07, 6.45) is 12.5. The molecule has 1 amide bonds. The number of amides is 1. The number of thiophene rings is 1. The summed E-state index contributed by atoms with van der Waals surface area (Å²) in [4.78, 5) is 37.0. The van der Waals surface area contributed by atoms with Crippen molar-refractivity contribution in [3.63, 3.8) is 0 Å². The first-order chi connectivity index (χ1) is 17.1. The van der Waals surface area contributed by atoms with E-state index in [-0.39, 0.29) is 23.7 Å². The molecule has 2 N–H and O–H groups in total. The van der Waals surface area contributed by atoms with Gasteiger partial charge in [-0.15, -0.1) is 23.7 Å². The Morgan fingerprint density at radius 2 is 1.94 bits per heavy atom. The number of carbonyl (C=O) groups excluding carboxylic acids is 2. The lowest BCUT2D eigenvalue weighted by Crippen LogP contribution is -2.16. The van der Waals surface area contributed by atoms with Gasteiger partial charge in [0.25, 0.3) is 0 Å². The zero-order valence-corrected chi connectivity index (χ0v) is 22.6. The molecule has 2 aromatic rings. The molecule has 1 unspecified atom stereocenters. The van der Waals surface area contributed by atoms with Crippen LogP contribution in [0.15, 0.2) is 39.7 Å². The third-order valence-electron chi connectivity index (χ3n) is 5.27. The largest absolute Gasteiger partial charge is 0.507 e. The molecule has 2 heterocycles. The van der Waals surface area contributed by atoms with Crippen LogP contribution in [0, 0.1) is 18.3 Å². The van der Waals surface area contributed by atoms with E-state index in [0.29, 0.717) is 18.6 Å². The number of hydrogen-bond acceptors (Lipinski definition) is 7. The third-order valence-corrected chi connectivity index (χ3v) is 6.41. The van der Waals surface area contributed by atoms with Gasteiger partial charge in [0.15, 0.2) is 5.78 Å². The Balaban J connectivity index is 0.000000420. The molecule has 0 aliphatic carbocycles. The number of rotatable bonds is 11. The number of ether oxygens (including phenoxy) is 1. The lowest BCUT2D eigenvalue weighted by atomic mass is 10.0. The van der Waals surface area contributed by atoms with Crippen molar-refractivity contribution in [2.24, 2.45) is 5.92 Å². The Bertz CT molecular complexity index is 1110. The van der Waals surface area contributed by atoms with E-state index in [2.05, 4.69) is 42.0 Å². The second-order valence-electron chi connectivity index (χ2n) is 8.67. The molecule has 2 rings (SSSR count). The maximum absolute atomic E-state index is 11.8. The number of carbonyl (C=O) groups is 2. The highest BCUT2D eigenvalue weighted by molar-refractivity contribution is 7.12. The number of aromatic hydroxyl groups is 1. The zero-order chi connectivity index (χ0) is 27.1. The molecular weight excluding hydrogens is 478 g/mol. The summed E-state index contributed by atoms with van der Waals surface area (Å²) < 4.78 is 9.54. The second kappa shape index (κ2) is 16.4. The van der Waals surface area contributed by atoms with E-state index in [4.69, 9.17) is 10.8 Å². The van der Waals surface area contributed by atoms with E-state index in [1.807, 2.05) is 18.3 Å². The van der Waals surface area contributed by atoms with E-state index in [9.17, 15) is 19.5 Å². The molecule has 8 heteroatoms. The van der Waals surface area contributed by atoms with Crippen LogP contribution in [0.2, 0.25) is 0 Å². The van der Waals surface area contributed by atoms with E-state index < -0.39 is 17.5 Å². The molecule has 0 aliphatic heterocycles. The number of hydrogen-bond donors (Lipinski definition) is 2. The van der Waals surface area contributed by atoms with Crippen LogP contribution in [-0.2, 0) is 17.6 Å². The van der Waals surface area contributed by atoms with Crippen LogP contribution in [0.25, 0.3) is 0 Å². The normalized spacial score (nSPS) is 11.5. The fraction of sp³-hybridized carbons (Fsp3) is 0.464. The SMILES string of the molecule is C#CCc1ccc(CCC(C)C)s1.CCC(=O)c1c(O)cc(C(C)CC/C=C/NC(=O)OC)oc1=O. The topological polar surface area (TPSA) is 106 Å². The van der Waals surface area contributed by atoms with Gasteiger partial charge < -0.3 is 14.3 Å². The van der Waals surface area contributed by atoms with Crippen molar-refractivity contribution >= 4 is 23.2 Å². The van der Waals surface area contributed by atoms with Crippen molar-refractivity contribution in [3.05, 3.63) is 62.0 Å². The summed E-state index contributed by atoms with van der Waals surface area (Å²) >= 11 is 1.86. The molecule has 7 nitrogen and oxygen atoms in total. The van der Waals surface area contributed by atoms with Gasteiger partial charge in [0.1, 0.15) is 17.1 Å². The van der Waals surface area contributed by atoms with Gasteiger partial charge in [0.2, 0.25) is 0 Å². The summed E-state index contributed by atoms with van der Waals surface area (Å²) in [6.45, 7) is 7.96. The molecule has 196 valence electrons. The van der Waals surface area contributed by atoms with Crippen molar-refractivity contribution < 1.29 is 23.8 Å².